The Morgan fingerprint density at radius 2 is 1.83 bits per heavy atom. The monoisotopic (exact) mass is 315 g/mol. The summed E-state index contributed by atoms with van der Waals surface area (Å²) in [6.07, 6.45) is 1.09. The molecule has 1 aromatic carbocycles. The first-order chi connectivity index (χ1) is 11.3. The highest BCUT2D eigenvalue weighted by Crippen LogP contribution is 2.46. The Bertz CT molecular complexity index is 627. The van der Waals surface area contributed by atoms with Crippen LogP contribution < -0.4 is 4.90 Å². The number of carbonyl (C=O) groups is 1. The minimum atomic E-state index is -0.237. The molecule has 1 amide bonds. The van der Waals surface area contributed by atoms with Gasteiger partial charge in [0.15, 0.2) is 0 Å². The van der Waals surface area contributed by atoms with Crippen LogP contribution in [-0.4, -0.2) is 32.0 Å². The Kier molecular flexibility index (Phi) is 3.73. The van der Waals surface area contributed by atoms with Crippen LogP contribution in [0.4, 0.5) is 5.69 Å². The minimum Gasteiger partial charge on any atom is -0.491 e. The van der Waals surface area contributed by atoms with Crippen molar-refractivity contribution in [2.75, 3.05) is 24.7 Å². The molecule has 4 rings (SSSR count). The number of para-hydroxylation sites is 1. The second-order valence-electron chi connectivity index (χ2n) is 6.11. The van der Waals surface area contributed by atoms with Gasteiger partial charge >= 0.3 is 0 Å². The fourth-order valence-corrected chi connectivity index (χ4v) is 3.84. The largest absolute Gasteiger partial charge is 0.491 e. The van der Waals surface area contributed by atoms with E-state index in [4.69, 9.17) is 14.2 Å². The Labute approximate surface area is 135 Å². The molecule has 0 aromatic heterocycles. The van der Waals surface area contributed by atoms with E-state index in [2.05, 4.69) is 0 Å². The van der Waals surface area contributed by atoms with Gasteiger partial charge in [0.05, 0.1) is 5.92 Å². The van der Waals surface area contributed by atoms with Crippen LogP contribution in [0.2, 0.25) is 0 Å². The highest BCUT2D eigenvalue weighted by molar-refractivity contribution is 5.98. The molecule has 3 aliphatic rings. The van der Waals surface area contributed by atoms with Gasteiger partial charge in [-0.2, -0.15) is 0 Å². The Morgan fingerprint density at radius 3 is 2.52 bits per heavy atom. The molecule has 1 aliphatic carbocycles. The summed E-state index contributed by atoms with van der Waals surface area (Å²) in [7, 11) is 0. The number of benzene rings is 1. The summed E-state index contributed by atoms with van der Waals surface area (Å²) in [4.78, 5) is 14.8. The number of carbonyl (C=O) groups excluding carboxylic acids is 1. The Balaban J connectivity index is 1.68. The molecule has 3 atom stereocenters. The molecular weight excluding hydrogens is 294 g/mol. The van der Waals surface area contributed by atoms with Gasteiger partial charge in [0.2, 0.25) is 5.91 Å². The number of ether oxygens (including phenoxy) is 3. The first-order valence-electron chi connectivity index (χ1n) is 8.27. The van der Waals surface area contributed by atoms with Gasteiger partial charge in [-0.25, -0.2) is 0 Å². The van der Waals surface area contributed by atoms with Gasteiger partial charge in [-0.1, -0.05) is 18.2 Å². The molecule has 1 fully saturated rings. The highest BCUT2D eigenvalue weighted by atomic mass is 16.6. The van der Waals surface area contributed by atoms with E-state index < -0.39 is 0 Å². The van der Waals surface area contributed by atoms with Crippen molar-refractivity contribution in [1.82, 2.24) is 0 Å². The predicted molar refractivity (Wildman–Crippen MR) is 84.5 cm³/mol. The molecule has 5 nitrogen and oxygen atoms in total. The molecule has 0 saturated carbocycles. The fraction of sp³-hybridized carbons (Fsp3) is 0.500. The summed E-state index contributed by atoms with van der Waals surface area (Å²) >= 11 is 0. The number of hydrogen-bond donors (Lipinski definition) is 0. The van der Waals surface area contributed by atoms with Crippen molar-refractivity contribution >= 4 is 11.6 Å². The van der Waals surface area contributed by atoms with Gasteiger partial charge in [-0.05, 0) is 19.1 Å². The highest BCUT2D eigenvalue weighted by Gasteiger charge is 2.52. The lowest BCUT2D eigenvalue weighted by atomic mass is 9.82. The van der Waals surface area contributed by atoms with E-state index in [1.807, 2.05) is 42.2 Å². The average Bonchev–Trinajstić information content (AvgIpc) is 2.86. The van der Waals surface area contributed by atoms with Crippen molar-refractivity contribution in [3.63, 3.8) is 0 Å². The lowest BCUT2D eigenvalue weighted by Crippen LogP contribution is -2.38. The maximum absolute atomic E-state index is 13.0. The van der Waals surface area contributed by atoms with Gasteiger partial charge < -0.3 is 14.2 Å². The molecule has 0 spiro atoms. The number of rotatable bonds is 3. The number of hydrogen-bond acceptors (Lipinski definition) is 4. The molecular formula is C18H21NO4. The Morgan fingerprint density at radius 1 is 1.13 bits per heavy atom. The average molecular weight is 315 g/mol. The zero-order valence-electron chi connectivity index (χ0n) is 13.2. The van der Waals surface area contributed by atoms with E-state index in [-0.39, 0.29) is 24.0 Å². The molecule has 122 valence electrons. The fourth-order valence-electron chi connectivity index (χ4n) is 3.84. The lowest BCUT2D eigenvalue weighted by molar-refractivity contribution is -0.121. The molecule has 23 heavy (non-hydrogen) atoms. The quantitative estimate of drug-likeness (QED) is 0.860. The Hall–Kier alpha value is -2.01. The summed E-state index contributed by atoms with van der Waals surface area (Å²) in [6.45, 7) is 3.70. The van der Waals surface area contributed by atoms with Crippen LogP contribution in [0.25, 0.3) is 0 Å². The third-order valence-electron chi connectivity index (χ3n) is 4.84. The third-order valence-corrected chi connectivity index (χ3v) is 4.84. The number of allylic oxidation sites excluding steroid dienone is 2. The third kappa shape index (κ3) is 2.39. The van der Waals surface area contributed by atoms with Crippen molar-refractivity contribution in [1.29, 1.82) is 0 Å². The van der Waals surface area contributed by atoms with Gasteiger partial charge in [-0.15, -0.1) is 0 Å². The van der Waals surface area contributed by atoms with E-state index in [0.29, 0.717) is 32.7 Å². The van der Waals surface area contributed by atoms with E-state index in [9.17, 15) is 4.79 Å². The molecule has 0 bridgehead atoms. The van der Waals surface area contributed by atoms with E-state index >= 15 is 0 Å². The van der Waals surface area contributed by atoms with Crippen molar-refractivity contribution in [2.24, 2.45) is 11.8 Å². The second kappa shape index (κ2) is 5.89. The topological polar surface area (TPSA) is 48.0 Å². The number of fused-ring (bicyclic) bond motifs is 1. The number of nitrogens with zero attached hydrogens (tertiary/aromatic N) is 1. The first-order valence-corrected chi connectivity index (χ1v) is 8.27. The van der Waals surface area contributed by atoms with Gasteiger partial charge in [0, 0.05) is 31.1 Å². The van der Waals surface area contributed by atoms with Gasteiger partial charge in [-0.3, -0.25) is 9.69 Å². The van der Waals surface area contributed by atoms with E-state index in [1.54, 1.807) is 0 Å². The van der Waals surface area contributed by atoms with Crippen LogP contribution in [0.15, 0.2) is 41.9 Å². The molecule has 2 heterocycles. The number of anilines is 1. The standard InChI is InChI=1S/C18H21NO4/c1-2-21-18-14-11-16-15(22-8-9-23-16)10-13(14)17(20)19(18)12-6-4-3-5-7-12/h3-7,13-14,18H,2,8-11H2,1H3/t13-,14+,18+/m1/s1. The maximum atomic E-state index is 13.0. The van der Waals surface area contributed by atoms with Gasteiger partial charge in [0.1, 0.15) is 31.0 Å². The van der Waals surface area contributed by atoms with Crippen molar-refractivity contribution in [3.05, 3.63) is 41.9 Å². The van der Waals surface area contributed by atoms with Crippen molar-refractivity contribution in [2.45, 2.75) is 26.0 Å². The maximum Gasteiger partial charge on any atom is 0.233 e. The summed E-state index contributed by atoms with van der Waals surface area (Å²) in [5, 5.41) is 0. The van der Waals surface area contributed by atoms with E-state index in [1.165, 1.54) is 0 Å². The minimum absolute atomic E-state index is 0.0905. The SMILES string of the molecule is CCO[C@H]1[C@H]2CC3=C(C[C@H]2C(=O)N1c1ccccc1)OCCO3. The number of amides is 1. The smallest absolute Gasteiger partial charge is 0.233 e. The molecule has 0 unspecified atom stereocenters. The molecule has 0 N–H and O–H groups in total. The molecule has 5 heteroatoms. The van der Waals surface area contributed by atoms with Gasteiger partial charge in [0.25, 0.3) is 0 Å². The van der Waals surface area contributed by atoms with Crippen LogP contribution in [0.3, 0.4) is 0 Å². The molecule has 0 radical (unpaired) electrons. The van der Waals surface area contributed by atoms with Crippen molar-refractivity contribution < 1.29 is 19.0 Å². The molecule has 2 aliphatic heterocycles. The zero-order valence-corrected chi connectivity index (χ0v) is 13.2. The predicted octanol–water partition coefficient (Wildman–Crippen LogP) is 2.68. The van der Waals surface area contributed by atoms with Crippen LogP contribution in [0, 0.1) is 11.8 Å². The van der Waals surface area contributed by atoms with E-state index in [0.717, 1.165) is 17.2 Å². The summed E-state index contributed by atoms with van der Waals surface area (Å²) in [5.41, 5.74) is 0.894. The van der Waals surface area contributed by atoms with Crippen LogP contribution >= 0.6 is 0 Å². The lowest BCUT2D eigenvalue weighted by Gasteiger charge is -2.33. The summed E-state index contributed by atoms with van der Waals surface area (Å²) in [5.74, 6) is 1.91. The molecule has 1 aromatic rings. The molecule has 1 saturated heterocycles. The summed E-state index contributed by atoms with van der Waals surface area (Å²) < 4.78 is 17.5. The first kappa shape index (κ1) is 14.6. The normalized spacial score (nSPS) is 29.7. The zero-order chi connectivity index (χ0) is 15.8. The second-order valence-corrected chi connectivity index (χ2v) is 6.11. The van der Waals surface area contributed by atoms with Crippen molar-refractivity contribution in [3.8, 4) is 0 Å². The van der Waals surface area contributed by atoms with Crippen LogP contribution in [-0.2, 0) is 19.0 Å². The van der Waals surface area contributed by atoms with Crippen LogP contribution in [0.1, 0.15) is 19.8 Å². The summed E-state index contributed by atoms with van der Waals surface area (Å²) in [6, 6.07) is 9.77. The van der Waals surface area contributed by atoms with Crippen LogP contribution in [0.5, 0.6) is 0 Å².